The predicted octanol–water partition coefficient (Wildman–Crippen LogP) is -0.110. The average Bonchev–Trinajstić information content (AvgIpc) is 2.14. The summed E-state index contributed by atoms with van der Waals surface area (Å²) < 4.78 is 0.778. The van der Waals surface area contributed by atoms with Crippen molar-refractivity contribution >= 4 is 11.8 Å². The SMILES string of the molecule is C=CC(=O)NC(C)(C)C(=O)NCC[N+](C)(C)C. The van der Waals surface area contributed by atoms with Gasteiger partial charge in [0.05, 0.1) is 34.2 Å². The molecule has 5 nitrogen and oxygen atoms in total. The minimum Gasteiger partial charge on any atom is -0.348 e. The number of carbonyl (C=O) groups excluding carboxylic acids is 2. The third kappa shape index (κ3) is 6.73. The lowest BCUT2D eigenvalue weighted by Gasteiger charge is -2.27. The molecule has 5 heteroatoms. The minimum absolute atomic E-state index is 0.193. The molecule has 17 heavy (non-hydrogen) atoms. The van der Waals surface area contributed by atoms with Gasteiger partial charge in [0.2, 0.25) is 11.8 Å². The monoisotopic (exact) mass is 242 g/mol. The van der Waals surface area contributed by atoms with Gasteiger partial charge in [-0.1, -0.05) is 6.58 Å². The number of rotatable bonds is 6. The van der Waals surface area contributed by atoms with Crippen molar-refractivity contribution in [2.45, 2.75) is 19.4 Å². The molecular weight excluding hydrogens is 218 g/mol. The van der Waals surface area contributed by atoms with Crippen LogP contribution in [0.25, 0.3) is 0 Å². The highest BCUT2D eigenvalue weighted by atomic mass is 16.2. The van der Waals surface area contributed by atoms with Gasteiger partial charge in [-0.05, 0) is 19.9 Å². The highest BCUT2D eigenvalue weighted by molar-refractivity contribution is 5.94. The third-order valence-corrected chi connectivity index (χ3v) is 2.26. The molecule has 2 N–H and O–H groups in total. The number of quaternary nitrogens is 1. The second-order valence-electron chi connectivity index (χ2n) is 5.59. The minimum atomic E-state index is -0.920. The number of nitrogens with zero attached hydrogens (tertiary/aromatic N) is 1. The first-order chi connectivity index (χ1) is 7.58. The topological polar surface area (TPSA) is 58.2 Å². The van der Waals surface area contributed by atoms with Gasteiger partial charge < -0.3 is 15.1 Å². The standard InChI is InChI=1S/C12H23N3O2/c1-7-10(16)14-12(2,3)11(17)13-8-9-15(4,5)6/h7H,1,8-9H2,2-6H3,(H-,13,14,16,17)/p+1. The van der Waals surface area contributed by atoms with E-state index in [-0.39, 0.29) is 11.8 Å². The second kappa shape index (κ2) is 5.82. The molecular formula is C12H24N3O2+. The molecule has 0 aliphatic rings. The Bertz CT molecular complexity index is 303. The summed E-state index contributed by atoms with van der Waals surface area (Å²) in [6.45, 7) is 8.09. The third-order valence-electron chi connectivity index (χ3n) is 2.26. The second-order valence-corrected chi connectivity index (χ2v) is 5.59. The maximum Gasteiger partial charge on any atom is 0.245 e. The van der Waals surface area contributed by atoms with Crippen molar-refractivity contribution in [3.63, 3.8) is 0 Å². The molecule has 98 valence electrons. The van der Waals surface area contributed by atoms with Crippen molar-refractivity contribution in [1.29, 1.82) is 0 Å². The van der Waals surface area contributed by atoms with Crippen LogP contribution in [0, 0.1) is 0 Å². The number of hydrogen-bond acceptors (Lipinski definition) is 2. The zero-order chi connectivity index (χ0) is 13.7. The van der Waals surface area contributed by atoms with Gasteiger partial charge in [-0.15, -0.1) is 0 Å². The Labute approximate surface area is 103 Å². The van der Waals surface area contributed by atoms with Gasteiger partial charge in [0.25, 0.3) is 0 Å². The fourth-order valence-electron chi connectivity index (χ4n) is 1.14. The van der Waals surface area contributed by atoms with E-state index >= 15 is 0 Å². The largest absolute Gasteiger partial charge is 0.348 e. The zero-order valence-electron chi connectivity index (χ0n) is 11.5. The van der Waals surface area contributed by atoms with Crippen LogP contribution in [0.4, 0.5) is 0 Å². The number of likely N-dealkylation sites (N-methyl/N-ethyl adjacent to an activating group) is 1. The smallest absolute Gasteiger partial charge is 0.245 e. The maximum absolute atomic E-state index is 11.8. The Kier molecular flexibility index (Phi) is 5.35. The lowest BCUT2D eigenvalue weighted by Crippen LogP contribution is -2.55. The molecule has 0 aromatic rings. The van der Waals surface area contributed by atoms with Crippen LogP contribution in [0.1, 0.15) is 13.8 Å². The van der Waals surface area contributed by atoms with Crippen LogP contribution < -0.4 is 10.6 Å². The van der Waals surface area contributed by atoms with Gasteiger partial charge in [-0.2, -0.15) is 0 Å². The molecule has 0 aliphatic heterocycles. The number of carbonyl (C=O) groups is 2. The van der Waals surface area contributed by atoms with E-state index in [4.69, 9.17) is 0 Å². The normalized spacial score (nSPS) is 11.8. The van der Waals surface area contributed by atoms with Gasteiger partial charge in [0.15, 0.2) is 0 Å². The van der Waals surface area contributed by atoms with Crippen LogP contribution >= 0.6 is 0 Å². The van der Waals surface area contributed by atoms with E-state index in [2.05, 4.69) is 38.4 Å². The summed E-state index contributed by atoms with van der Waals surface area (Å²) in [5.41, 5.74) is -0.920. The fraction of sp³-hybridized carbons (Fsp3) is 0.667. The van der Waals surface area contributed by atoms with Crippen LogP contribution in [0.3, 0.4) is 0 Å². The first kappa shape index (κ1) is 15.6. The molecule has 0 spiro atoms. The van der Waals surface area contributed by atoms with Crippen molar-refractivity contribution in [3.05, 3.63) is 12.7 Å². The lowest BCUT2D eigenvalue weighted by molar-refractivity contribution is -0.869. The molecule has 0 aromatic carbocycles. The number of nitrogens with one attached hydrogen (secondary N) is 2. The Morgan fingerprint density at radius 3 is 2.24 bits per heavy atom. The molecule has 0 aliphatic carbocycles. The van der Waals surface area contributed by atoms with Crippen LogP contribution in [-0.2, 0) is 9.59 Å². The van der Waals surface area contributed by atoms with Gasteiger partial charge in [-0.25, -0.2) is 0 Å². The van der Waals surface area contributed by atoms with Crippen molar-refractivity contribution in [1.82, 2.24) is 10.6 Å². The summed E-state index contributed by atoms with van der Waals surface area (Å²) in [5, 5.41) is 5.38. The van der Waals surface area contributed by atoms with E-state index in [1.54, 1.807) is 13.8 Å². The van der Waals surface area contributed by atoms with Crippen molar-refractivity contribution < 1.29 is 14.1 Å². The summed E-state index contributed by atoms with van der Waals surface area (Å²) in [7, 11) is 6.16. The Hall–Kier alpha value is -1.36. The Morgan fingerprint density at radius 1 is 1.29 bits per heavy atom. The summed E-state index contributed by atoms with van der Waals surface area (Å²) in [5.74, 6) is -0.544. The van der Waals surface area contributed by atoms with E-state index in [1.165, 1.54) is 0 Å². The molecule has 0 saturated heterocycles. The van der Waals surface area contributed by atoms with E-state index in [1.807, 2.05) is 0 Å². The highest BCUT2D eigenvalue weighted by Gasteiger charge is 2.28. The zero-order valence-corrected chi connectivity index (χ0v) is 11.5. The molecule has 0 heterocycles. The summed E-state index contributed by atoms with van der Waals surface area (Å²) in [4.78, 5) is 23.0. The summed E-state index contributed by atoms with van der Waals surface area (Å²) in [6.07, 6.45) is 1.15. The number of hydrogen-bond donors (Lipinski definition) is 2. The number of amides is 2. The van der Waals surface area contributed by atoms with E-state index in [0.717, 1.165) is 17.1 Å². The highest BCUT2D eigenvalue weighted by Crippen LogP contribution is 2.02. The quantitative estimate of drug-likeness (QED) is 0.504. The molecule has 0 radical (unpaired) electrons. The predicted molar refractivity (Wildman–Crippen MR) is 68.3 cm³/mol. The van der Waals surface area contributed by atoms with Gasteiger partial charge in [0.1, 0.15) is 5.54 Å². The van der Waals surface area contributed by atoms with Crippen LogP contribution in [0.2, 0.25) is 0 Å². The van der Waals surface area contributed by atoms with Gasteiger partial charge in [-0.3, -0.25) is 9.59 Å². The van der Waals surface area contributed by atoms with Gasteiger partial charge >= 0.3 is 0 Å². The Morgan fingerprint density at radius 2 is 1.82 bits per heavy atom. The maximum atomic E-state index is 11.8. The van der Waals surface area contributed by atoms with E-state index < -0.39 is 5.54 Å². The van der Waals surface area contributed by atoms with Crippen molar-refractivity contribution in [3.8, 4) is 0 Å². The molecule has 0 fully saturated rings. The van der Waals surface area contributed by atoms with Gasteiger partial charge in [0, 0.05) is 0 Å². The van der Waals surface area contributed by atoms with Crippen molar-refractivity contribution in [2.24, 2.45) is 0 Å². The molecule has 0 unspecified atom stereocenters. The molecule has 0 atom stereocenters. The van der Waals surface area contributed by atoms with Crippen LogP contribution in [0.5, 0.6) is 0 Å². The molecule has 0 bridgehead atoms. The average molecular weight is 242 g/mol. The summed E-state index contributed by atoms with van der Waals surface area (Å²) >= 11 is 0. The summed E-state index contributed by atoms with van der Waals surface area (Å²) in [6, 6.07) is 0. The molecule has 0 aromatic heterocycles. The van der Waals surface area contributed by atoms with Crippen LogP contribution in [0.15, 0.2) is 12.7 Å². The van der Waals surface area contributed by atoms with Crippen LogP contribution in [-0.4, -0.2) is 56.1 Å². The fourth-order valence-corrected chi connectivity index (χ4v) is 1.14. The first-order valence-corrected chi connectivity index (χ1v) is 5.62. The molecule has 0 rings (SSSR count). The molecule has 2 amide bonds. The molecule has 0 saturated carbocycles. The first-order valence-electron chi connectivity index (χ1n) is 5.62. The van der Waals surface area contributed by atoms with Crippen molar-refractivity contribution in [2.75, 3.05) is 34.2 Å². The Balaban J connectivity index is 4.21. The van der Waals surface area contributed by atoms with E-state index in [9.17, 15) is 9.59 Å². The van der Waals surface area contributed by atoms with E-state index in [0.29, 0.717) is 6.54 Å². The lowest BCUT2D eigenvalue weighted by atomic mass is 10.0.